The summed E-state index contributed by atoms with van der Waals surface area (Å²) in [5.41, 5.74) is 0.935. The summed E-state index contributed by atoms with van der Waals surface area (Å²) < 4.78 is 0. The van der Waals surface area contributed by atoms with Crippen LogP contribution in [0.25, 0.3) is 0 Å². The second kappa shape index (κ2) is 21.0. The number of likely N-dealkylation sites (tertiary alicyclic amines) is 6. The number of aliphatic hydroxyl groups is 3. The zero-order valence-electron chi connectivity index (χ0n) is 39.6. The first-order chi connectivity index (χ1) is 27.5. The summed E-state index contributed by atoms with van der Waals surface area (Å²) in [7, 11) is 0. The van der Waals surface area contributed by atoms with Crippen molar-refractivity contribution in [1.29, 1.82) is 0 Å². The molecular weight excluding hydrogens is 745 g/mol. The largest absolute Gasteiger partial charge is 0.383 e. The Bertz CT molecular complexity index is 1350. The third kappa shape index (κ3) is 12.6. The highest BCUT2D eigenvalue weighted by molar-refractivity contribution is 5.82. The molecule has 0 aromatic carbocycles. The molecule has 6 heterocycles. The highest BCUT2D eigenvalue weighted by atomic mass is 16.3. The minimum absolute atomic E-state index is 0.00170. The summed E-state index contributed by atoms with van der Waals surface area (Å²) in [5.74, 6) is -0.208. The SMILES string of the molecule is CC(C)C(O)C(=O)N1CC2(CCN(C(C)C)CC2)C1.CC(C)C(O)C(=O)N1CCC2(CCCN(C(C)C)C2)C1.CC(C)C(O)C(=O)N1CCC2(CCN(C(C)C)CC2)C1. The minimum Gasteiger partial charge on any atom is -0.383 e. The maximum absolute atomic E-state index is 12.3. The van der Waals surface area contributed by atoms with E-state index in [0.29, 0.717) is 29.0 Å². The van der Waals surface area contributed by atoms with Gasteiger partial charge in [-0.2, -0.15) is 0 Å². The van der Waals surface area contributed by atoms with Crippen LogP contribution in [0.2, 0.25) is 0 Å². The van der Waals surface area contributed by atoms with Gasteiger partial charge in [0.1, 0.15) is 18.3 Å². The Labute approximate surface area is 359 Å². The fourth-order valence-corrected chi connectivity index (χ4v) is 10.4. The van der Waals surface area contributed by atoms with Crippen LogP contribution in [0.5, 0.6) is 0 Å². The van der Waals surface area contributed by atoms with Gasteiger partial charge in [-0.1, -0.05) is 41.5 Å². The molecule has 6 aliphatic rings. The predicted octanol–water partition coefficient (Wildman–Crippen LogP) is 4.79. The lowest BCUT2D eigenvalue weighted by Gasteiger charge is -2.55. The standard InChI is InChI=1S/2C16H30N2O2.C15H28N2O2/c1-12(2)14(19)15(20)18-10-7-16(11-18)5-8-17(9-6-16)13(3)4;1-12(2)14(19)15(20)18-9-7-16(11-18)6-5-8-17(10-16)13(3)4;1-11(2)13(18)14(19)17-9-15(10-17)5-7-16(8-6-15)12(3)4/h2*12-14,19H,5-11H2,1-4H3;11-13,18H,5-10H2,1-4H3. The second-order valence-electron chi connectivity index (χ2n) is 21.7. The Hall–Kier alpha value is -1.83. The first-order valence-electron chi connectivity index (χ1n) is 23.7. The van der Waals surface area contributed by atoms with Crippen LogP contribution >= 0.6 is 0 Å². The predicted molar refractivity (Wildman–Crippen MR) is 237 cm³/mol. The smallest absolute Gasteiger partial charge is 0.251 e. The number of carbonyl (C=O) groups excluding carboxylic acids is 3. The van der Waals surface area contributed by atoms with Gasteiger partial charge in [0.25, 0.3) is 17.7 Å². The number of aliphatic hydroxyl groups excluding tert-OH is 3. The number of nitrogens with zero attached hydrogens (tertiary/aromatic N) is 6. The van der Waals surface area contributed by atoms with E-state index in [0.717, 1.165) is 84.8 Å². The zero-order valence-corrected chi connectivity index (χ0v) is 39.6. The number of carbonyl (C=O) groups is 3. The van der Waals surface area contributed by atoms with Crippen molar-refractivity contribution in [1.82, 2.24) is 29.4 Å². The van der Waals surface area contributed by atoms with Crippen molar-refractivity contribution in [2.24, 2.45) is 34.0 Å². The molecule has 12 nitrogen and oxygen atoms in total. The van der Waals surface area contributed by atoms with Crippen molar-refractivity contribution in [2.75, 3.05) is 78.5 Å². The van der Waals surface area contributed by atoms with E-state index in [9.17, 15) is 29.7 Å². The molecule has 4 unspecified atom stereocenters. The van der Waals surface area contributed by atoms with Gasteiger partial charge in [-0.05, 0) is 149 Å². The Morgan fingerprint density at radius 2 is 0.678 bits per heavy atom. The van der Waals surface area contributed by atoms with E-state index in [2.05, 4.69) is 56.2 Å². The molecule has 0 saturated carbocycles. The molecule has 3 N–H and O–H groups in total. The molecule has 3 spiro atoms. The summed E-state index contributed by atoms with van der Waals surface area (Å²) in [6.45, 7) is 36.7. The molecule has 6 rings (SSSR count). The van der Waals surface area contributed by atoms with E-state index >= 15 is 0 Å². The average molecular weight is 833 g/mol. The molecule has 0 radical (unpaired) electrons. The Morgan fingerprint density at radius 1 is 0.373 bits per heavy atom. The van der Waals surface area contributed by atoms with Crippen LogP contribution < -0.4 is 0 Å². The summed E-state index contributed by atoms with van der Waals surface area (Å²) >= 11 is 0. The van der Waals surface area contributed by atoms with Gasteiger partial charge in [0.05, 0.1) is 0 Å². The summed E-state index contributed by atoms with van der Waals surface area (Å²) in [6.07, 6.45) is 6.90. The van der Waals surface area contributed by atoms with Crippen LogP contribution in [-0.4, -0.2) is 177 Å². The van der Waals surface area contributed by atoms with E-state index in [1.165, 1.54) is 45.1 Å². The maximum Gasteiger partial charge on any atom is 0.251 e. The van der Waals surface area contributed by atoms with Gasteiger partial charge in [-0.3, -0.25) is 14.4 Å². The van der Waals surface area contributed by atoms with Gasteiger partial charge in [0.2, 0.25) is 0 Å². The number of hydrogen-bond donors (Lipinski definition) is 3. The molecule has 0 aromatic rings. The van der Waals surface area contributed by atoms with Gasteiger partial charge >= 0.3 is 0 Å². The Morgan fingerprint density at radius 3 is 1.07 bits per heavy atom. The molecule has 342 valence electrons. The second-order valence-corrected chi connectivity index (χ2v) is 21.7. The van der Waals surface area contributed by atoms with Crippen LogP contribution in [0.4, 0.5) is 0 Å². The van der Waals surface area contributed by atoms with Gasteiger partial charge < -0.3 is 44.7 Å². The van der Waals surface area contributed by atoms with Crippen molar-refractivity contribution in [3.8, 4) is 0 Å². The number of hydrogen-bond acceptors (Lipinski definition) is 9. The van der Waals surface area contributed by atoms with E-state index in [-0.39, 0.29) is 40.9 Å². The lowest BCUT2D eigenvalue weighted by molar-refractivity contribution is -0.158. The van der Waals surface area contributed by atoms with Gasteiger partial charge in [0, 0.05) is 74.8 Å². The lowest BCUT2D eigenvalue weighted by Crippen LogP contribution is -2.64. The Balaban J connectivity index is 0.000000196. The van der Waals surface area contributed by atoms with Crippen LogP contribution in [0.1, 0.15) is 134 Å². The number of piperidine rings is 3. The van der Waals surface area contributed by atoms with Crippen molar-refractivity contribution in [2.45, 2.75) is 171 Å². The molecule has 0 aromatic heterocycles. The fourth-order valence-electron chi connectivity index (χ4n) is 10.4. The molecule has 6 fully saturated rings. The topological polar surface area (TPSA) is 131 Å². The lowest BCUT2D eigenvalue weighted by atomic mass is 9.71. The van der Waals surface area contributed by atoms with Gasteiger partial charge in [-0.25, -0.2) is 0 Å². The van der Waals surface area contributed by atoms with Crippen molar-refractivity contribution in [3.05, 3.63) is 0 Å². The third-order valence-corrected chi connectivity index (χ3v) is 15.1. The zero-order chi connectivity index (χ0) is 44.0. The van der Waals surface area contributed by atoms with Crippen molar-refractivity contribution in [3.63, 3.8) is 0 Å². The summed E-state index contributed by atoms with van der Waals surface area (Å²) in [5, 5.41) is 29.8. The van der Waals surface area contributed by atoms with Crippen LogP contribution in [0.15, 0.2) is 0 Å². The molecule has 6 aliphatic heterocycles. The van der Waals surface area contributed by atoms with Crippen molar-refractivity contribution < 1.29 is 29.7 Å². The summed E-state index contributed by atoms with van der Waals surface area (Å²) in [6, 6.07) is 1.82. The summed E-state index contributed by atoms with van der Waals surface area (Å²) in [4.78, 5) is 49.8. The van der Waals surface area contributed by atoms with E-state index in [4.69, 9.17) is 0 Å². The monoisotopic (exact) mass is 833 g/mol. The van der Waals surface area contributed by atoms with Gasteiger partial charge in [0.15, 0.2) is 0 Å². The average Bonchev–Trinajstić information content (AvgIpc) is 3.79. The molecular formula is C47H88N6O6. The first kappa shape index (κ1) is 49.8. The number of amides is 3. The molecule has 59 heavy (non-hydrogen) atoms. The highest BCUT2D eigenvalue weighted by Crippen LogP contribution is 2.43. The van der Waals surface area contributed by atoms with E-state index < -0.39 is 18.3 Å². The fraction of sp³-hybridized carbons (Fsp3) is 0.936. The maximum atomic E-state index is 12.3. The minimum atomic E-state index is -0.838. The normalized spacial score (nSPS) is 26.5. The van der Waals surface area contributed by atoms with Crippen LogP contribution in [0, 0.1) is 34.0 Å². The van der Waals surface area contributed by atoms with Crippen molar-refractivity contribution >= 4 is 17.7 Å². The molecule has 12 heteroatoms. The molecule has 0 aliphatic carbocycles. The third-order valence-electron chi connectivity index (χ3n) is 15.1. The van der Waals surface area contributed by atoms with Crippen LogP contribution in [-0.2, 0) is 14.4 Å². The highest BCUT2D eigenvalue weighted by Gasteiger charge is 2.48. The first-order valence-corrected chi connectivity index (χ1v) is 23.7. The molecule has 6 saturated heterocycles. The number of rotatable bonds is 9. The molecule has 4 atom stereocenters. The van der Waals surface area contributed by atoms with E-state index in [1.807, 2.05) is 56.2 Å². The quantitative estimate of drug-likeness (QED) is 0.301. The molecule has 3 amide bonds. The van der Waals surface area contributed by atoms with Crippen LogP contribution in [0.3, 0.4) is 0 Å². The van der Waals surface area contributed by atoms with Gasteiger partial charge in [-0.15, -0.1) is 0 Å². The Kier molecular flexibility index (Phi) is 17.8. The van der Waals surface area contributed by atoms with E-state index in [1.54, 1.807) is 0 Å². The molecule has 0 bridgehead atoms.